The smallest absolute Gasteiger partial charge is 0.0701 e. The molecule has 0 spiro atoms. The van der Waals surface area contributed by atoms with Crippen molar-refractivity contribution in [1.29, 1.82) is 0 Å². The Balaban J connectivity index is 3.03. The summed E-state index contributed by atoms with van der Waals surface area (Å²) >= 11 is 5.66. The van der Waals surface area contributed by atoms with Crippen LogP contribution in [0, 0.1) is 0 Å². The van der Waals surface area contributed by atoms with E-state index in [1.807, 2.05) is 0 Å². The van der Waals surface area contributed by atoms with Crippen LogP contribution in [-0.4, -0.2) is 125 Å². The van der Waals surface area contributed by atoms with Crippen molar-refractivity contribution in [1.82, 2.24) is 0 Å². The van der Waals surface area contributed by atoms with Gasteiger partial charge < -0.3 is 42.6 Å². The fourth-order valence-electron chi connectivity index (χ4n) is 4.38. The molecule has 0 saturated heterocycles. The summed E-state index contributed by atoms with van der Waals surface area (Å²) in [5.41, 5.74) is 0. The third-order valence-electron chi connectivity index (χ3n) is 7.04. The summed E-state index contributed by atoms with van der Waals surface area (Å²) in [5, 5.41) is 0. The van der Waals surface area contributed by atoms with Gasteiger partial charge in [-0.1, -0.05) is 84.0 Å². The van der Waals surface area contributed by atoms with Crippen LogP contribution in [0.25, 0.3) is 0 Å². The molecule has 0 aliphatic heterocycles. The summed E-state index contributed by atoms with van der Waals surface area (Å²) in [7, 11) is 0. The monoisotopic (exact) mass is 670 g/mol. The molecule has 0 aromatic carbocycles. The van der Waals surface area contributed by atoms with Crippen molar-refractivity contribution < 1.29 is 42.6 Å². The molecular formula is C35H71ClO9. The Morgan fingerprint density at radius 1 is 0.244 bits per heavy atom. The molecule has 9 nitrogen and oxygen atoms in total. The highest BCUT2D eigenvalue weighted by atomic mass is 35.5. The normalized spacial score (nSPS) is 11.6. The van der Waals surface area contributed by atoms with Crippen LogP contribution in [0.5, 0.6) is 0 Å². The van der Waals surface area contributed by atoms with Crippen molar-refractivity contribution in [3.05, 3.63) is 0 Å². The van der Waals surface area contributed by atoms with Crippen LogP contribution < -0.4 is 0 Å². The second-order valence-electron chi connectivity index (χ2n) is 11.2. The van der Waals surface area contributed by atoms with Gasteiger partial charge in [0.1, 0.15) is 0 Å². The van der Waals surface area contributed by atoms with Crippen LogP contribution in [0.3, 0.4) is 0 Å². The quantitative estimate of drug-likeness (QED) is 0.0493. The number of rotatable bonds is 42. The molecule has 45 heavy (non-hydrogen) atoms. The molecule has 0 aromatic heterocycles. The van der Waals surface area contributed by atoms with E-state index in [4.69, 9.17) is 54.2 Å². The van der Waals surface area contributed by atoms with Crippen molar-refractivity contribution in [3.8, 4) is 0 Å². The first kappa shape index (κ1) is 44.9. The predicted octanol–water partition coefficient (Wildman–Crippen LogP) is 7.25. The fraction of sp³-hybridized carbons (Fsp3) is 1.00. The van der Waals surface area contributed by atoms with Crippen LogP contribution in [0.1, 0.15) is 103 Å². The van der Waals surface area contributed by atoms with Crippen molar-refractivity contribution in [2.24, 2.45) is 0 Å². The molecule has 0 aliphatic rings. The summed E-state index contributed by atoms with van der Waals surface area (Å²) in [4.78, 5) is 0. The van der Waals surface area contributed by atoms with Crippen molar-refractivity contribution in [2.45, 2.75) is 103 Å². The van der Waals surface area contributed by atoms with Gasteiger partial charge in [0.15, 0.2) is 0 Å². The number of halogens is 1. The number of alkyl halides is 1. The van der Waals surface area contributed by atoms with Gasteiger partial charge in [-0.3, -0.25) is 0 Å². The van der Waals surface area contributed by atoms with E-state index in [0.717, 1.165) is 38.4 Å². The van der Waals surface area contributed by atoms with E-state index in [0.29, 0.717) is 106 Å². The molecule has 0 atom stereocenters. The number of ether oxygens (including phenoxy) is 9. The van der Waals surface area contributed by atoms with E-state index >= 15 is 0 Å². The minimum atomic E-state index is 0.538. The first-order chi connectivity index (χ1) is 22.4. The zero-order valence-corrected chi connectivity index (χ0v) is 29.8. The van der Waals surface area contributed by atoms with Gasteiger partial charge in [-0.25, -0.2) is 0 Å². The number of unbranched alkanes of at least 4 members (excludes halogenated alkanes) is 13. The Morgan fingerprint density at radius 2 is 0.444 bits per heavy atom. The van der Waals surface area contributed by atoms with Crippen molar-refractivity contribution >= 4 is 11.6 Å². The second-order valence-corrected chi connectivity index (χ2v) is 11.5. The van der Waals surface area contributed by atoms with Crippen LogP contribution in [-0.2, 0) is 42.6 Å². The minimum Gasteiger partial charge on any atom is -0.379 e. The average molecular weight is 671 g/mol. The largest absolute Gasteiger partial charge is 0.379 e. The number of hydrogen-bond donors (Lipinski definition) is 0. The molecule has 0 rings (SSSR count). The van der Waals surface area contributed by atoms with Crippen molar-refractivity contribution in [2.75, 3.05) is 125 Å². The van der Waals surface area contributed by atoms with Crippen LogP contribution in [0.4, 0.5) is 0 Å². The lowest BCUT2D eigenvalue weighted by Gasteiger charge is -2.09. The van der Waals surface area contributed by atoms with E-state index in [1.54, 1.807) is 0 Å². The Bertz CT molecular complexity index is 464. The van der Waals surface area contributed by atoms with Gasteiger partial charge >= 0.3 is 0 Å². The maximum Gasteiger partial charge on any atom is 0.0701 e. The molecule has 0 bridgehead atoms. The molecular weight excluding hydrogens is 600 g/mol. The summed E-state index contributed by atoms with van der Waals surface area (Å²) in [6.07, 6.45) is 19.4. The molecule has 0 fully saturated rings. The molecule has 0 aliphatic carbocycles. The minimum absolute atomic E-state index is 0.538. The van der Waals surface area contributed by atoms with E-state index in [2.05, 4.69) is 6.92 Å². The zero-order valence-electron chi connectivity index (χ0n) is 29.1. The lowest BCUT2D eigenvalue weighted by molar-refractivity contribution is -0.0250. The highest BCUT2D eigenvalue weighted by Gasteiger charge is 1.97. The molecule has 0 radical (unpaired) electrons. The van der Waals surface area contributed by atoms with Gasteiger partial charge in [-0.2, -0.15) is 0 Å². The third kappa shape index (κ3) is 43.9. The molecule has 0 N–H and O–H groups in total. The van der Waals surface area contributed by atoms with Crippen LogP contribution in [0.15, 0.2) is 0 Å². The van der Waals surface area contributed by atoms with Gasteiger partial charge in [0, 0.05) is 19.1 Å². The second kappa shape index (κ2) is 43.9. The first-order valence-electron chi connectivity index (χ1n) is 18.2. The summed E-state index contributed by atoms with van der Waals surface area (Å²) < 4.78 is 49.8. The molecule has 0 aromatic rings. The van der Waals surface area contributed by atoms with Gasteiger partial charge in [0.2, 0.25) is 0 Å². The Labute approximate surface area is 281 Å². The van der Waals surface area contributed by atoms with Gasteiger partial charge in [-0.05, 0) is 19.3 Å². The summed E-state index contributed by atoms with van der Waals surface area (Å²) in [6.45, 7) is 13.0. The summed E-state index contributed by atoms with van der Waals surface area (Å²) in [6, 6.07) is 0. The Kier molecular flexibility index (Phi) is 43.9. The molecule has 0 amide bonds. The first-order valence-corrected chi connectivity index (χ1v) is 18.7. The SMILES string of the molecule is CCCCCCCCCCCCCOCCOCCOCCOCCOCCOCCOCCOCCOCCCCCCCl. The van der Waals surface area contributed by atoms with E-state index in [-0.39, 0.29) is 0 Å². The summed E-state index contributed by atoms with van der Waals surface area (Å²) in [5.74, 6) is 0.749. The third-order valence-corrected chi connectivity index (χ3v) is 7.31. The van der Waals surface area contributed by atoms with E-state index < -0.39 is 0 Å². The van der Waals surface area contributed by atoms with Gasteiger partial charge in [0.05, 0.1) is 106 Å². The predicted molar refractivity (Wildman–Crippen MR) is 183 cm³/mol. The standard InChI is InChI=1S/C35H71ClO9/c1-2-3-4-5-6-7-8-9-10-12-15-18-37-20-22-39-24-26-41-28-30-43-32-34-45-35-33-44-31-29-42-27-25-40-23-21-38-19-16-13-11-14-17-36/h2-35H2,1H3. The van der Waals surface area contributed by atoms with Gasteiger partial charge in [0.25, 0.3) is 0 Å². The molecule has 0 saturated carbocycles. The topological polar surface area (TPSA) is 83.1 Å². The highest BCUT2D eigenvalue weighted by Crippen LogP contribution is 2.11. The number of hydrogen-bond acceptors (Lipinski definition) is 9. The lowest BCUT2D eigenvalue weighted by Crippen LogP contribution is -2.15. The van der Waals surface area contributed by atoms with E-state index in [9.17, 15) is 0 Å². The van der Waals surface area contributed by atoms with E-state index in [1.165, 1.54) is 77.0 Å². The Morgan fingerprint density at radius 3 is 0.689 bits per heavy atom. The Hall–Kier alpha value is -0.0700. The van der Waals surface area contributed by atoms with Gasteiger partial charge in [-0.15, -0.1) is 11.6 Å². The lowest BCUT2D eigenvalue weighted by atomic mass is 10.1. The van der Waals surface area contributed by atoms with Crippen LogP contribution in [0.2, 0.25) is 0 Å². The molecule has 0 unspecified atom stereocenters. The molecule has 272 valence electrons. The molecule has 10 heteroatoms. The molecule has 0 heterocycles. The highest BCUT2D eigenvalue weighted by molar-refractivity contribution is 6.17. The maximum absolute atomic E-state index is 5.66. The average Bonchev–Trinajstić information content (AvgIpc) is 3.05. The van der Waals surface area contributed by atoms with Crippen LogP contribution >= 0.6 is 11.6 Å². The fourth-order valence-corrected chi connectivity index (χ4v) is 4.57. The van der Waals surface area contributed by atoms with Crippen molar-refractivity contribution in [3.63, 3.8) is 0 Å². The zero-order chi connectivity index (χ0) is 32.4. The maximum atomic E-state index is 5.66.